The van der Waals surface area contributed by atoms with Crippen LogP contribution in [0.5, 0.6) is 0 Å². The average Bonchev–Trinajstić information content (AvgIpc) is 1.94. The van der Waals surface area contributed by atoms with Gasteiger partial charge in [-0.3, -0.25) is 4.79 Å². The van der Waals surface area contributed by atoms with Crippen LogP contribution < -0.4 is 5.73 Å². The van der Waals surface area contributed by atoms with Gasteiger partial charge >= 0.3 is 0 Å². The summed E-state index contributed by atoms with van der Waals surface area (Å²) in [5.74, 6) is -0.163. The topological polar surface area (TPSA) is 68.9 Å². The SMILES string of the molecule is Cc1ncc(Cl)c(C(N)=O)n1. The maximum absolute atomic E-state index is 10.6. The summed E-state index contributed by atoms with van der Waals surface area (Å²) in [5, 5.41) is 0.183. The van der Waals surface area contributed by atoms with Crippen LogP contribution in [0.4, 0.5) is 0 Å². The number of primary amides is 1. The molecule has 0 aromatic carbocycles. The number of hydrogen-bond acceptors (Lipinski definition) is 3. The van der Waals surface area contributed by atoms with E-state index in [1.165, 1.54) is 6.20 Å². The van der Waals surface area contributed by atoms with Gasteiger partial charge in [-0.05, 0) is 6.92 Å². The summed E-state index contributed by atoms with van der Waals surface area (Å²) in [7, 11) is 0. The van der Waals surface area contributed by atoms with Crippen LogP contribution in [0.2, 0.25) is 5.02 Å². The van der Waals surface area contributed by atoms with Gasteiger partial charge in [-0.15, -0.1) is 0 Å². The van der Waals surface area contributed by atoms with E-state index in [0.29, 0.717) is 5.82 Å². The van der Waals surface area contributed by atoms with Crippen LogP contribution in [-0.4, -0.2) is 15.9 Å². The lowest BCUT2D eigenvalue weighted by molar-refractivity contribution is 0.0995. The number of carbonyl (C=O) groups excluding carboxylic acids is 1. The molecule has 0 radical (unpaired) electrons. The van der Waals surface area contributed by atoms with Gasteiger partial charge in [0.05, 0.1) is 11.2 Å². The molecule has 0 aliphatic rings. The first-order valence-corrected chi connectivity index (χ1v) is 3.28. The largest absolute Gasteiger partial charge is 0.364 e. The molecule has 0 saturated carbocycles. The molecule has 0 bridgehead atoms. The molecule has 58 valence electrons. The van der Waals surface area contributed by atoms with Crippen molar-refractivity contribution < 1.29 is 4.79 Å². The van der Waals surface area contributed by atoms with Crippen molar-refractivity contribution in [2.75, 3.05) is 0 Å². The molecule has 0 fully saturated rings. The van der Waals surface area contributed by atoms with E-state index in [9.17, 15) is 4.79 Å². The first-order chi connectivity index (χ1) is 5.11. The maximum Gasteiger partial charge on any atom is 0.268 e. The third kappa shape index (κ3) is 1.65. The van der Waals surface area contributed by atoms with Crippen LogP contribution >= 0.6 is 11.6 Å². The predicted octanol–water partition coefficient (Wildman–Crippen LogP) is 0.537. The fourth-order valence-electron chi connectivity index (χ4n) is 0.628. The molecule has 2 N–H and O–H groups in total. The molecule has 0 aliphatic heterocycles. The Bertz CT molecular complexity index is 300. The normalized spacial score (nSPS) is 9.64. The quantitative estimate of drug-likeness (QED) is 0.671. The molecule has 0 aliphatic carbocycles. The van der Waals surface area contributed by atoms with Gasteiger partial charge in [0.2, 0.25) is 0 Å². The first kappa shape index (κ1) is 7.94. The van der Waals surface area contributed by atoms with Crippen molar-refractivity contribution in [1.82, 2.24) is 9.97 Å². The smallest absolute Gasteiger partial charge is 0.268 e. The Hall–Kier alpha value is -1.16. The number of nitrogens with zero attached hydrogens (tertiary/aromatic N) is 2. The molecule has 1 aromatic rings. The molecule has 5 heteroatoms. The van der Waals surface area contributed by atoms with Crippen molar-refractivity contribution in [3.05, 3.63) is 22.7 Å². The number of hydrogen-bond donors (Lipinski definition) is 1. The Morgan fingerprint density at radius 3 is 2.82 bits per heavy atom. The van der Waals surface area contributed by atoms with E-state index in [-0.39, 0.29) is 10.7 Å². The Balaban J connectivity index is 3.23. The first-order valence-electron chi connectivity index (χ1n) is 2.90. The van der Waals surface area contributed by atoms with Gasteiger partial charge in [0, 0.05) is 0 Å². The van der Waals surface area contributed by atoms with Gasteiger partial charge in [-0.2, -0.15) is 0 Å². The lowest BCUT2D eigenvalue weighted by Gasteiger charge is -1.97. The van der Waals surface area contributed by atoms with Crippen LogP contribution in [-0.2, 0) is 0 Å². The van der Waals surface area contributed by atoms with Crippen LogP contribution in [0, 0.1) is 6.92 Å². The van der Waals surface area contributed by atoms with Gasteiger partial charge in [0.25, 0.3) is 5.91 Å². The van der Waals surface area contributed by atoms with Gasteiger partial charge in [-0.1, -0.05) is 11.6 Å². The maximum atomic E-state index is 10.6. The molecule has 1 aromatic heterocycles. The third-order valence-corrected chi connectivity index (χ3v) is 1.37. The molecule has 0 spiro atoms. The van der Waals surface area contributed by atoms with E-state index in [2.05, 4.69) is 9.97 Å². The summed E-state index contributed by atoms with van der Waals surface area (Å²) in [4.78, 5) is 18.1. The zero-order chi connectivity index (χ0) is 8.43. The van der Waals surface area contributed by atoms with E-state index in [0.717, 1.165) is 0 Å². The second kappa shape index (κ2) is 2.84. The van der Waals surface area contributed by atoms with Crippen molar-refractivity contribution in [3.8, 4) is 0 Å². The second-order valence-electron chi connectivity index (χ2n) is 1.98. The number of aromatic nitrogens is 2. The van der Waals surface area contributed by atoms with Gasteiger partial charge in [0.1, 0.15) is 11.5 Å². The fourth-order valence-corrected chi connectivity index (χ4v) is 0.812. The van der Waals surface area contributed by atoms with Crippen molar-refractivity contribution >= 4 is 17.5 Å². The lowest BCUT2D eigenvalue weighted by Crippen LogP contribution is -2.14. The minimum absolute atomic E-state index is 0.0687. The zero-order valence-electron chi connectivity index (χ0n) is 5.84. The minimum Gasteiger partial charge on any atom is -0.364 e. The number of rotatable bonds is 1. The van der Waals surface area contributed by atoms with Crippen LogP contribution in [0.25, 0.3) is 0 Å². The summed E-state index contributed by atoms with van der Waals surface area (Å²) >= 11 is 5.57. The van der Waals surface area contributed by atoms with Crippen LogP contribution in [0.15, 0.2) is 6.20 Å². The van der Waals surface area contributed by atoms with Crippen LogP contribution in [0.3, 0.4) is 0 Å². The average molecular weight is 172 g/mol. The highest BCUT2D eigenvalue weighted by atomic mass is 35.5. The third-order valence-electron chi connectivity index (χ3n) is 1.10. The monoisotopic (exact) mass is 171 g/mol. The molecular weight excluding hydrogens is 166 g/mol. The number of aryl methyl sites for hydroxylation is 1. The molecule has 0 atom stereocenters. The summed E-state index contributed by atoms with van der Waals surface area (Å²) in [6, 6.07) is 0. The molecule has 11 heavy (non-hydrogen) atoms. The van der Waals surface area contributed by atoms with E-state index in [4.69, 9.17) is 17.3 Å². The van der Waals surface area contributed by atoms with Gasteiger partial charge in [0.15, 0.2) is 0 Å². The summed E-state index contributed by atoms with van der Waals surface area (Å²) in [6.07, 6.45) is 1.35. The standard InChI is InChI=1S/C6H6ClN3O/c1-3-9-2-4(7)5(10-3)6(8)11/h2H,1H3,(H2,8,11). The highest BCUT2D eigenvalue weighted by Crippen LogP contribution is 2.10. The highest BCUT2D eigenvalue weighted by Gasteiger charge is 2.07. The Labute approximate surface area is 68.4 Å². The molecule has 0 unspecified atom stereocenters. The summed E-state index contributed by atoms with van der Waals surface area (Å²) in [6.45, 7) is 1.66. The van der Waals surface area contributed by atoms with E-state index in [1.807, 2.05) is 0 Å². The number of amides is 1. The van der Waals surface area contributed by atoms with Crippen molar-refractivity contribution in [2.45, 2.75) is 6.92 Å². The minimum atomic E-state index is -0.638. The lowest BCUT2D eigenvalue weighted by atomic mass is 10.4. The molecule has 0 saturated heterocycles. The number of carbonyl (C=O) groups is 1. The van der Waals surface area contributed by atoms with Crippen molar-refractivity contribution in [1.29, 1.82) is 0 Å². The van der Waals surface area contributed by atoms with E-state index in [1.54, 1.807) is 6.92 Å². The molecule has 4 nitrogen and oxygen atoms in total. The van der Waals surface area contributed by atoms with E-state index >= 15 is 0 Å². The molecule has 1 amide bonds. The highest BCUT2D eigenvalue weighted by molar-refractivity contribution is 6.33. The second-order valence-corrected chi connectivity index (χ2v) is 2.39. The van der Waals surface area contributed by atoms with Crippen molar-refractivity contribution in [2.24, 2.45) is 5.73 Å². The Morgan fingerprint density at radius 1 is 1.73 bits per heavy atom. The molecular formula is C6H6ClN3O. The van der Waals surface area contributed by atoms with Crippen molar-refractivity contribution in [3.63, 3.8) is 0 Å². The van der Waals surface area contributed by atoms with Gasteiger partial charge < -0.3 is 5.73 Å². The fraction of sp³-hybridized carbons (Fsp3) is 0.167. The summed E-state index contributed by atoms with van der Waals surface area (Å²) < 4.78 is 0. The Kier molecular flexibility index (Phi) is 2.05. The molecule has 1 heterocycles. The van der Waals surface area contributed by atoms with Crippen LogP contribution in [0.1, 0.15) is 16.3 Å². The molecule has 1 rings (SSSR count). The predicted molar refractivity (Wildman–Crippen MR) is 40.3 cm³/mol. The summed E-state index contributed by atoms with van der Waals surface area (Å²) in [5.41, 5.74) is 5.04. The van der Waals surface area contributed by atoms with Gasteiger partial charge in [-0.25, -0.2) is 9.97 Å². The Morgan fingerprint density at radius 2 is 2.36 bits per heavy atom. The van der Waals surface area contributed by atoms with E-state index < -0.39 is 5.91 Å². The number of halogens is 1. The number of nitrogens with two attached hydrogens (primary N) is 1. The zero-order valence-corrected chi connectivity index (χ0v) is 6.59.